The highest BCUT2D eigenvalue weighted by molar-refractivity contribution is 6.33. The molecule has 0 atom stereocenters. The lowest BCUT2D eigenvalue weighted by Crippen LogP contribution is -2.49. The Bertz CT molecular complexity index is 3150. The number of likely N-dealkylation sites (tertiary alicyclic amines) is 1. The molecule has 1 saturated heterocycles. The predicted molar refractivity (Wildman–Crippen MR) is 293 cm³/mol. The van der Waals surface area contributed by atoms with Crippen molar-refractivity contribution >= 4 is 69.4 Å². The van der Waals surface area contributed by atoms with Gasteiger partial charge in [-0.1, -0.05) is 37.9 Å². The molecular weight excluding hydrogens is 1040 g/mol. The number of hydrogen-bond donors (Lipinski definition) is 8. The first kappa shape index (κ1) is 60.8. The van der Waals surface area contributed by atoms with Gasteiger partial charge in [-0.3, -0.25) is 14.5 Å². The largest absolute Gasteiger partial charge is 0.416 e. The Morgan fingerprint density at radius 2 is 1.27 bits per heavy atom. The maximum absolute atomic E-state index is 13.5. The summed E-state index contributed by atoms with van der Waals surface area (Å²) in [6.07, 6.45) is -5.53. The van der Waals surface area contributed by atoms with Crippen molar-refractivity contribution in [3.8, 4) is 5.82 Å². The number of nitrogens with zero attached hydrogens (tertiary/aromatic N) is 8. The standard InChI is InChI=1S/C26H26ClF3N8O.C19H20F3N3O2.C5H8N4.C3H8/c1-15-7-24(38(36-15)23-12-22(31-2)32-14-33-23)35-21-11-19(5-6-20(21)27)34-25(39)17-8-16(13-37(3)4)9-18(10-17)26(28,29)30;1-11-2-3-15(7-17(11)23)24-18(27)13-4-12(8-25-9-16(26)10-25)5-14(6-13)19(20,21)22;1-7-5-2-4(6)8-3-9-5;1-3-2/h5-12,14,35H,13H2,1-4H3,(H,34,39)(H,31,32,33);2-7,16,26H,8-10,23H2,1H3,(H,24,27);2-3H,1H3,(H3,6,7,8,9);3H2,1-2H3. The maximum atomic E-state index is 13.5. The van der Waals surface area contributed by atoms with Crippen molar-refractivity contribution in [1.82, 2.24) is 39.5 Å². The molecule has 0 radical (unpaired) electrons. The molecular formula is C53H62ClF6N15O3. The number of aliphatic hydroxyl groups excluding tert-OH is 1. The van der Waals surface area contributed by atoms with Crippen LogP contribution in [0.2, 0.25) is 5.02 Å². The fourth-order valence-electron chi connectivity index (χ4n) is 7.28. The molecule has 1 fully saturated rings. The number of aromatic nitrogens is 6. The first-order valence-electron chi connectivity index (χ1n) is 24.1. The molecule has 0 bridgehead atoms. The molecule has 7 aromatic rings. The Morgan fingerprint density at radius 3 is 1.79 bits per heavy atom. The summed E-state index contributed by atoms with van der Waals surface area (Å²) in [6.45, 7) is 9.17. The second-order valence-corrected chi connectivity index (χ2v) is 18.5. The third-order valence-electron chi connectivity index (χ3n) is 10.9. The Kier molecular flexibility index (Phi) is 21.3. The summed E-state index contributed by atoms with van der Waals surface area (Å²) in [6, 6.07) is 21.4. The van der Waals surface area contributed by atoms with Crippen LogP contribution in [0.25, 0.3) is 5.82 Å². The minimum absolute atomic E-state index is 0.0833. The summed E-state index contributed by atoms with van der Waals surface area (Å²) in [4.78, 5) is 45.0. The molecule has 0 unspecified atom stereocenters. The third kappa shape index (κ3) is 18.0. The molecule has 1 aliphatic rings. The van der Waals surface area contributed by atoms with E-state index >= 15 is 0 Å². The molecule has 0 aliphatic carbocycles. The lowest BCUT2D eigenvalue weighted by molar-refractivity contribution is -0.138. The van der Waals surface area contributed by atoms with E-state index in [1.807, 2.05) is 18.7 Å². The van der Waals surface area contributed by atoms with Crippen molar-refractivity contribution in [2.45, 2.75) is 65.7 Å². The van der Waals surface area contributed by atoms with E-state index in [0.717, 1.165) is 35.6 Å². The van der Waals surface area contributed by atoms with Crippen LogP contribution in [0.3, 0.4) is 0 Å². The summed E-state index contributed by atoms with van der Waals surface area (Å²) in [5.41, 5.74) is 13.1. The molecule has 4 heterocycles. The van der Waals surface area contributed by atoms with Crippen LogP contribution in [-0.4, -0.2) is 104 Å². The van der Waals surface area contributed by atoms with Gasteiger partial charge in [-0.15, -0.1) is 0 Å². The number of halogens is 7. The summed E-state index contributed by atoms with van der Waals surface area (Å²) in [5, 5.41) is 28.4. The van der Waals surface area contributed by atoms with Gasteiger partial charge < -0.3 is 48.1 Å². The number of carbonyl (C=O) groups excluding carboxylic acids is 2. The first-order valence-corrected chi connectivity index (χ1v) is 24.5. The van der Waals surface area contributed by atoms with Gasteiger partial charge in [-0.2, -0.15) is 36.1 Å². The number of hydrogen-bond acceptors (Lipinski definition) is 15. The average molecular weight is 1110 g/mol. The van der Waals surface area contributed by atoms with Crippen LogP contribution in [0.5, 0.6) is 0 Å². The normalized spacial score (nSPS) is 12.4. The van der Waals surface area contributed by atoms with Crippen molar-refractivity contribution in [1.29, 1.82) is 0 Å². The minimum atomic E-state index is -4.59. The van der Waals surface area contributed by atoms with Crippen LogP contribution in [-0.2, 0) is 25.4 Å². The summed E-state index contributed by atoms with van der Waals surface area (Å²) >= 11 is 6.42. The Labute approximate surface area is 452 Å². The Morgan fingerprint density at radius 1 is 0.731 bits per heavy atom. The molecule has 416 valence electrons. The van der Waals surface area contributed by atoms with E-state index < -0.39 is 41.4 Å². The number of β-amino-alcohol motifs (C(OH)–C–C–N with tert-alkyl or cyclic N) is 1. The lowest BCUT2D eigenvalue weighted by atomic mass is 10.0. The zero-order chi connectivity index (χ0) is 57.5. The van der Waals surface area contributed by atoms with E-state index in [-0.39, 0.29) is 24.2 Å². The van der Waals surface area contributed by atoms with Gasteiger partial charge in [0.2, 0.25) is 0 Å². The van der Waals surface area contributed by atoms with Gasteiger partial charge in [0.1, 0.15) is 35.9 Å². The highest BCUT2D eigenvalue weighted by Gasteiger charge is 2.34. The molecule has 0 spiro atoms. The molecule has 25 heteroatoms. The fourth-order valence-corrected chi connectivity index (χ4v) is 7.45. The van der Waals surface area contributed by atoms with Gasteiger partial charge in [0.25, 0.3) is 11.8 Å². The van der Waals surface area contributed by atoms with E-state index in [9.17, 15) is 41.0 Å². The van der Waals surface area contributed by atoms with E-state index in [2.05, 4.69) is 65.5 Å². The monoisotopic (exact) mass is 1110 g/mol. The van der Waals surface area contributed by atoms with Crippen molar-refractivity contribution in [2.24, 2.45) is 0 Å². The maximum Gasteiger partial charge on any atom is 0.416 e. The topological polar surface area (TPSA) is 242 Å². The molecule has 3 aromatic heterocycles. The van der Waals surface area contributed by atoms with Crippen LogP contribution in [0.4, 0.5) is 72.4 Å². The first-order chi connectivity index (χ1) is 36.8. The number of amides is 2. The van der Waals surface area contributed by atoms with Crippen molar-refractivity contribution in [3.63, 3.8) is 0 Å². The highest BCUT2D eigenvalue weighted by atomic mass is 35.5. The number of benzene rings is 4. The highest BCUT2D eigenvalue weighted by Crippen LogP contribution is 2.34. The summed E-state index contributed by atoms with van der Waals surface area (Å²) < 4.78 is 81.7. The Balaban J connectivity index is 0.000000246. The number of carbonyl (C=O) groups is 2. The molecule has 2 amide bonds. The van der Waals surface area contributed by atoms with Crippen molar-refractivity contribution < 1.29 is 41.0 Å². The summed E-state index contributed by atoms with van der Waals surface area (Å²) in [5.74, 6) is 1.54. The van der Waals surface area contributed by atoms with Crippen LogP contribution in [0.1, 0.15) is 74.5 Å². The third-order valence-corrected chi connectivity index (χ3v) is 11.3. The smallest absolute Gasteiger partial charge is 0.398 e. The van der Waals surface area contributed by atoms with Crippen LogP contribution in [0, 0.1) is 13.8 Å². The number of nitrogens with one attached hydrogen (secondary N) is 5. The zero-order valence-electron chi connectivity index (χ0n) is 44.1. The van der Waals surface area contributed by atoms with Crippen LogP contribution >= 0.6 is 11.6 Å². The van der Waals surface area contributed by atoms with Gasteiger partial charge in [-0.05, 0) is 111 Å². The van der Waals surface area contributed by atoms with Gasteiger partial charge in [-0.25, -0.2) is 19.9 Å². The fraction of sp³-hybridized carbons (Fsp3) is 0.302. The number of anilines is 8. The number of nitrogens with two attached hydrogens (primary N) is 2. The van der Waals surface area contributed by atoms with E-state index in [1.54, 1.807) is 92.4 Å². The number of alkyl halides is 6. The number of aliphatic hydroxyl groups is 1. The molecule has 4 aromatic carbocycles. The molecule has 10 N–H and O–H groups in total. The second-order valence-electron chi connectivity index (χ2n) is 18.1. The molecule has 18 nitrogen and oxygen atoms in total. The van der Waals surface area contributed by atoms with Crippen LogP contribution in [0.15, 0.2) is 104 Å². The number of rotatable bonds is 13. The van der Waals surface area contributed by atoms with E-state index in [1.165, 1.54) is 31.2 Å². The average Bonchev–Trinajstić information content (AvgIpc) is 3.77. The molecule has 0 saturated carbocycles. The SMILES string of the molecule is CCC.CNc1cc(-n2nc(C)cc2Nc2cc(NC(=O)c3cc(CN(C)C)cc(C(F)(F)F)c3)ccc2Cl)ncn1.CNc1cc(N)ncn1.Cc1ccc(NC(=O)c2cc(CN3CC(O)C3)cc(C(F)(F)F)c2)cc1N. The van der Waals surface area contributed by atoms with E-state index in [0.29, 0.717) is 81.0 Å². The van der Waals surface area contributed by atoms with E-state index in [4.69, 9.17) is 23.1 Å². The second kappa shape index (κ2) is 27.3. The minimum Gasteiger partial charge on any atom is -0.398 e. The predicted octanol–water partition coefficient (Wildman–Crippen LogP) is 10.3. The van der Waals surface area contributed by atoms with Gasteiger partial charge in [0, 0.05) is 86.7 Å². The van der Waals surface area contributed by atoms with Crippen molar-refractivity contribution in [2.75, 3.05) is 79.3 Å². The molecule has 8 rings (SSSR count). The van der Waals surface area contributed by atoms with Crippen molar-refractivity contribution in [3.05, 3.63) is 153 Å². The van der Waals surface area contributed by atoms with Crippen LogP contribution < -0.4 is 38.1 Å². The van der Waals surface area contributed by atoms with Gasteiger partial charge >= 0.3 is 12.4 Å². The van der Waals surface area contributed by atoms with Gasteiger partial charge in [0.15, 0.2) is 5.82 Å². The molecule has 78 heavy (non-hydrogen) atoms. The number of aryl methyl sites for hydroxylation is 2. The Hall–Kier alpha value is -8.06. The summed E-state index contributed by atoms with van der Waals surface area (Å²) in [7, 11) is 6.99. The lowest BCUT2D eigenvalue weighted by Gasteiger charge is -2.36. The zero-order valence-corrected chi connectivity index (χ0v) is 44.8. The molecule has 1 aliphatic heterocycles. The quantitative estimate of drug-likeness (QED) is 0.0396. The van der Waals surface area contributed by atoms with Gasteiger partial charge in [0.05, 0.1) is 33.6 Å². The number of nitrogen functional groups attached to an aromatic ring is 2.